The van der Waals surface area contributed by atoms with Crippen molar-refractivity contribution >= 4 is 0 Å². The molecule has 0 fully saturated rings. The first-order valence-electron chi connectivity index (χ1n) is 4.73. The molecule has 0 spiro atoms. The minimum Gasteiger partial charge on any atom is -0.491 e. The third-order valence-corrected chi connectivity index (χ3v) is 2.25. The maximum Gasteiger partial charge on any atom is 0.292 e. The summed E-state index contributed by atoms with van der Waals surface area (Å²) in [4.78, 5) is 19.5. The van der Waals surface area contributed by atoms with Crippen molar-refractivity contribution in [1.29, 1.82) is 0 Å². The zero-order chi connectivity index (χ0) is 11.5. The van der Waals surface area contributed by atoms with E-state index in [2.05, 4.69) is 9.97 Å². The van der Waals surface area contributed by atoms with E-state index in [1.54, 1.807) is 31.6 Å². The Hall–Kier alpha value is -2.17. The first kappa shape index (κ1) is 10.4. The fourth-order valence-corrected chi connectivity index (χ4v) is 1.43. The van der Waals surface area contributed by atoms with Crippen molar-refractivity contribution in [2.24, 2.45) is 7.05 Å². The van der Waals surface area contributed by atoms with Crippen LogP contribution in [0.1, 0.15) is 0 Å². The predicted octanol–water partition coefficient (Wildman–Crippen LogP) is 0.851. The molecule has 2 aromatic heterocycles. The second-order valence-electron chi connectivity index (χ2n) is 3.31. The van der Waals surface area contributed by atoms with Crippen LogP contribution in [0.3, 0.4) is 0 Å². The molecule has 2 rings (SSSR count). The average molecular weight is 217 g/mol. The zero-order valence-corrected chi connectivity index (χ0v) is 9.04. The zero-order valence-electron chi connectivity index (χ0n) is 9.04. The number of pyridine rings is 1. The van der Waals surface area contributed by atoms with Crippen molar-refractivity contribution < 1.29 is 4.74 Å². The highest BCUT2D eigenvalue weighted by molar-refractivity contribution is 5.59. The van der Waals surface area contributed by atoms with Crippen molar-refractivity contribution in [2.45, 2.75) is 0 Å². The topological polar surface area (TPSA) is 57.0 Å². The maximum atomic E-state index is 11.6. The summed E-state index contributed by atoms with van der Waals surface area (Å²) >= 11 is 0. The van der Waals surface area contributed by atoms with Gasteiger partial charge in [0.15, 0.2) is 5.75 Å². The molecule has 0 saturated heterocycles. The molecule has 0 radical (unpaired) electrons. The molecule has 82 valence electrons. The van der Waals surface area contributed by atoms with E-state index in [-0.39, 0.29) is 5.56 Å². The van der Waals surface area contributed by atoms with E-state index in [4.69, 9.17) is 4.74 Å². The number of nitrogens with zero attached hydrogens (tertiary/aromatic N) is 3. The normalized spacial score (nSPS) is 10.1. The quantitative estimate of drug-likeness (QED) is 0.748. The van der Waals surface area contributed by atoms with Gasteiger partial charge >= 0.3 is 0 Å². The Kier molecular flexibility index (Phi) is 2.68. The molecule has 5 nitrogen and oxygen atoms in total. The highest BCUT2D eigenvalue weighted by atomic mass is 16.5. The van der Waals surface area contributed by atoms with Gasteiger partial charge in [0, 0.05) is 25.0 Å². The Morgan fingerprint density at radius 3 is 2.88 bits per heavy atom. The van der Waals surface area contributed by atoms with Crippen LogP contribution in [0.4, 0.5) is 0 Å². The Balaban J connectivity index is 2.60. The first-order valence-corrected chi connectivity index (χ1v) is 4.73. The summed E-state index contributed by atoms with van der Waals surface area (Å²) < 4.78 is 6.48. The molecule has 0 atom stereocenters. The van der Waals surface area contributed by atoms with Crippen molar-refractivity contribution in [3.8, 4) is 17.0 Å². The molecule has 16 heavy (non-hydrogen) atoms. The van der Waals surface area contributed by atoms with Crippen LogP contribution in [0, 0.1) is 0 Å². The smallest absolute Gasteiger partial charge is 0.292 e. The summed E-state index contributed by atoms with van der Waals surface area (Å²) in [5, 5.41) is 0. The molecule has 0 unspecified atom stereocenters. The van der Waals surface area contributed by atoms with Crippen molar-refractivity contribution in [1.82, 2.24) is 14.5 Å². The van der Waals surface area contributed by atoms with E-state index in [0.29, 0.717) is 5.75 Å². The number of hydrogen-bond acceptors (Lipinski definition) is 4. The molecular formula is C11H11N3O2. The van der Waals surface area contributed by atoms with Crippen LogP contribution in [-0.4, -0.2) is 21.6 Å². The second-order valence-corrected chi connectivity index (χ2v) is 3.31. The minimum absolute atomic E-state index is 0.166. The van der Waals surface area contributed by atoms with E-state index in [9.17, 15) is 4.79 Å². The van der Waals surface area contributed by atoms with Gasteiger partial charge < -0.3 is 9.30 Å². The number of methoxy groups -OCH3 is 1. The van der Waals surface area contributed by atoms with E-state index in [1.165, 1.54) is 18.0 Å². The van der Waals surface area contributed by atoms with Crippen LogP contribution in [-0.2, 0) is 7.05 Å². The highest BCUT2D eigenvalue weighted by Gasteiger charge is 2.06. The summed E-state index contributed by atoms with van der Waals surface area (Å²) in [6.07, 6.45) is 4.83. The lowest BCUT2D eigenvalue weighted by Gasteiger charge is -2.06. The summed E-state index contributed by atoms with van der Waals surface area (Å²) in [5.74, 6) is 0.304. The van der Waals surface area contributed by atoms with Gasteiger partial charge in [0.1, 0.15) is 6.33 Å². The lowest BCUT2D eigenvalue weighted by Crippen LogP contribution is -2.17. The first-order chi connectivity index (χ1) is 7.72. The van der Waals surface area contributed by atoms with E-state index in [1.807, 2.05) is 0 Å². The SMILES string of the molecule is COc1cc(-c2ccncn2)cn(C)c1=O. The standard InChI is InChI=1S/C11H11N3O2/c1-14-6-8(5-10(16-2)11(14)15)9-3-4-12-7-13-9/h3-7H,1-2H3. The largest absolute Gasteiger partial charge is 0.491 e. The molecule has 5 heteroatoms. The van der Waals surface area contributed by atoms with Gasteiger partial charge in [0.25, 0.3) is 5.56 Å². The molecule has 0 saturated carbocycles. The van der Waals surface area contributed by atoms with Crippen molar-refractivity contribution in [3.63, 3.8) is 0 Å². The third-order valence-electron chi connectivity index (χ3n) is 2.25. The van der Waals surface area contributed by atoms with Crippen LogP contribution >= 0.6 is 0 Å². The summed E-state index contributed by atoms with van der Waals surface area (Å²) in [7, 11) is 3.15. The van der Waals surface area contributed by atoms with Crippen LogP contribution < -0.4 is 10.3 Å². The van der Waals surface area contributed by atoms with Crippen LogP contribution in [0.25, 0.3) is 11.3 Å². The Bertz CT molecular complexity index is 549. The molecule has 0 amide bonds. The van der Waals surface area contributed by atoms with Gasteiger partial charge in [-0.25, -0.2) is 9.97 Å². The summed E-state index contributed by atoms with van der Waals surface area (Å²) in [5.41, 5.74) is 1.41. The molecule has 0 N–H and O–H groups in total. The van der Waals surface area contributed by atoms with Crippen LogP contribution in [0.5, 0.6) is 5.75 Å². The van der Waals surface area contributed by atoms with Gasteiger partial charge in [-0.15, -0.1) is 0 Å². The van der Waals surface area contributed by atoms with Gasteiger partial charge in [-0.3, -0.25) is 4.79 Å². The van der Waals surface area contributed by atoms with Crippen molar-refractivity contribution in [2.75, 3.05) is 7.11 Å². The molecular weight excluding hydrogens is 206 g/mol. The number of ether oxygens (including phenoxy) is 1. The number of aromatic nitrogens is 3. The molecule has 2 heterocycles. The van der Waals surface area contributed by atoms with Gasteiger partial charge in [-0.05, 0) is 12.1 Å². The van der Waals surface area contributed by atoms with Gasteiger partial charge in [0.2, 0.25) is 0 Å². The van der Waals surface area contributed by atoms with E-state index < -0.39 is 0 Å². The number of hydrogen-bond donors (Lipinski definition) is 0. The lowest BCUT2D eigenvalue weighted by molar-refractivity contribution is 0.405. The highest BCUT2D eigenvalue weighted by Crippen LogP contribution is 2.17. The fourth-order valence-electron chi connectivity index (χ4n) is 1.43. The molecule has 2 aromatic rings. The number of aryl methyl sites for hydroxylation is 1. The molecule has 0 aliphatic heterocycles. The van der Waals surface area contributed by atoms with Gasteiger partial charge in [0.05, 0.1) is 12.8 Å². The molecule has 0 bridgehead atoms. The maximum absolute atomic E-state index is 11.6. The Morgan fingerprint density at radius 1 is 1.44 bits per heavy atom. The summed E-state index contributed by atoms with van der Waals surface area (Å²) in [6.45, 7) is 0. The van der Waals surface area contributed by atoms with Crippen molar-refractivity contribution in [3.05, 3.63) is 41.2 Å². The van der Waals surface area contributed by atoms with E-state index in [0.717, 1.165) is 11.3 Å². The number of rotatable bonds is 2. The molecule has 0 aliphatic carbocycles. The molecule has 0 aromatic carbocycles. The second kappa shape index (κ2) is 4.14. The fraction of sp³-hybridized carbons (Fsp3) is 0.182. The predicted molar refractivity (Wildman–Crippen MR) is 59.3 cm³/mol. The Labute approximate surface area is 92.4 Å². The summed E-state index contributed by atoms with van der Waals surface area (Å²) in [6, 6.07) is 3.45. The monoisotopic (exact) mass is 217 g/mol. The minimum atomic E-state index is -0.166. The lowest BCUT2D eigenvalue weighted by atomic mass is 10.2. The third kappa shape index (κ3) is 1.79. The van der Waals surface area contributed by atoms with Gasteiger partial charge in [-0.1, -0.05) is 0 Å². The average Bonchev–Trinajstić information content (AvgIpc) is 2.33. The Morgan fingerprint density at radius 2 is 2.25 bits per heavy atom. The van der Waals surface area contributed by atoms with Gasteiger partial charge in [-0.2, -0.15) is 0 Å². The van der Waals surface area contributed by atoms with Crippen LogP contribution in [0.15, 0.2) is 35.6 Å². The van der Waals surface area contributed by atoms with E-state index >= 15 is 0 Å². The van der Waals surface area contributed by atoms with Crippen LogP contribution in [0.2, 0.25) is 0 Å². The molecule has 0 aliphatic rings.